The summed E-state index contributed by atoms with van der Waals surface area (Å²) in [4.78, 5) is 14.3. The highest BCUT2D eigenvalue weighted by molar-refractivity contribution is 5.79. The largest absolute Gasteiger partial charge is 0.338 e. The van der Waals surface area contributed by atoms with Crippen molar-refractivity contribution in [3.63, 3.8) is 0 Å². The molecule has 0 radical (unpaired) electrons. The highest BCUT2D eigenvalue weighted by Gasteiger charge is 2.25. The molecule has 0 aromatic heterocycles. The highest BCUT2D eigenvalue weighted by atomic mass is 19.1. The van der Waals surface area contributed by atoms with Crippen molar-refractivity contribution in [2.45, 2.75) is 38.6 Å². The fraction of sp³-hybridized carbons (Fsp3) is 0.562. The smallest absolute Gasteiger partial charge is 0.227 e. The molecule has 1 aliphatic heterocycles. The van der Waals surface area contributed by atoms with Gasteiger partial charge in [-0.2, -0.15) is 0 Å². The number of halogens is 2. The van der Waals surface area contributed by atoms with E-state index >= 15 is 0 Å². The van der Waals surface area contributed by atoms with E-state index in [4.69, 9.17) is 0 Å². The van der Waals surface area contributed by atoms with Crippen molar-refractivity contribution in [3.05, 3.63) is 35.4 Å². The first-order chi connectivity index (χ1) is 10.1. The lowest BCUT2D eigenvalue weighted by molar-refractivity contribution is -0.133. The van der Waals surface area contributed by atoms with Crippen LogP contribution in [-0.4, -0.2) is 36.5 Å². The normalized spacial score (nSPS) is 18.5. The Hall–Kier alpha value is -1.49. The van der Waals surface area contributed by atoms with Gasteiger partial charge in [0.1, 0.15) is 11.6 Å². The van der Waals surface area contributed by atoms with Crippen LogP contribution >= 0.6 is 0 Å². The predicted octanol–water partition coefficient (Wildman–Crippen LogP) is 2.50. The summed E-state index contributed by atoms with van der Waals surface area (Å²) in [5.74, 6) is -1.36. The van der Waals surface area contributed by atoms with Crippen molar-refractivity contribution < 1.29 is 13.6 Å². The molecular weight excluding hydrogens is 274 g/mol. The monoisotopic (exact) mass is 296 g/mol. The topological polar surface area (TPSA) is 32.3 Å². The Morgan fingerprint density at radius 1 is 1.43 bits per heavy atom. The Kier molecular flexibility index (Phi) is 5.67. The quantitative estimate of drug-likeness (QED) is 0.905. The van der Waals surface area contributed by atoms with Gasteiger partial charge in [0, 0.05) is 25.2 Å². The maximum atomic E-state index is 13.7. The molecule has 1 amide bonds. The van der Waals surface area contributed by atoms with Crippen molar-refractivity contribution >= 4 is 5.91 Å². The summed E-state index contributed by atoms with van der Waals surface area (Å²) in [6, 6.07) is 3.55. The molecule has 0 bridgehead atoms. The third kappa shape index (κ3) is 4.24. The summed E-state index contributed by atoms with van der Waals surface area (Å²) in [7, 11) is 0. The second-order valence-electron chi connectivity index (χ2n) is 5.50. The first kappa shape index (κ1) is 15.9. The Balaban J connectivity index is 2.07. The fourth-order valence-electron chi connectivity index (χ4n) is 2.78. The number of carbonyl (C=O) groups is 1. The maximum Gasteiger partial charge on any atom is 0.227 e. The van der Waals surface area contributed by atoms with Crippen molar-refractivity contribution in [1.82, 2.24) is 10.2 Å². The number of hydrogen-bond donors (Lipinski definition) is 1. The Labute approximate surface area is 124 Å². The van der Waals surface area contributed by atoms with Gasteiger partial charge in [0.2, 0.25) is 5.91 Å². The minimum absolute atomic E-state index is 0.0113. The average Bonchev–Trinajstić information content (AvgIpc) is 2.48. The summed E-state index contributed by atoms with van der Waals surface area (Å²) in [6.45, 7) is 4.47. The van der Waals surface area contributed by atoms with Crippen LogP contribution < -0.4 is 5.32 Å². The zero-order valence-corrected chi connectivity index (χ0v) is 12.4. The van der Waals surface area contributed by atoms with E-state index < -0.39 is 11.6 Å². The first-order valence-electron chi connectivity index (χ1n) is 7.56. The summed E-state index contributed by atoms with van der Waals surface area (Å²) in [5.41, 5.74) is 0.256. The Morgan fingerprint density at radius 2 is 2.24 bits per heavy atom. The number of nitrogens with zero attached hydrogens (tertiary/aromatic N) is 1. The van der Waals surface area contributed by atoms with Crippen molar-refractivity contribution in [2.24, 2.45) is 0 Å². The van der Waals surface area contributed by atoms with Crippen molar-refractivity contribution in [3.8, 4) is 0 Å². The lowest BCUT2D eigenvalue weighted by Gasteiger charge is -2.34. The summed E-state index contributed by atoms with van der Waals surface area (Å²) in [6.07, 6.45) is 2.88. The lowest BCUT2D eigenvalue weighted by Crippen LogP contribution is -2.49. The molecule has 1 aromatic rings. The first-order valence-corrected chi connectivity index (χ1v) is 7.56. The number of benzene rings is 1. The van der Waals surface area contributed by atoms with Crippen LogP contribution in [0.5, 0.6) is 0 Å². The van der Waals surface area contributed by atoms with E-state index in [0.717, 1.165) is 38.4 Å². The van der Waals surface area contributed by atoms with Gasteiger partial charge in [0.25, 0.3) is 0 Å². The molecular formula is C16H22F2N2O. The molecule has 116 valence electrons. The molecule has 1 atom stereocenters. The number of amides is 1. The van der Waals surface area contributed by atoms with E-state index in [-0.39, 0.29) is 23.9 Å². The van der Waals surface area contributed by atoms with Crippen LogP contribution in [0.2, 0.25) is 0 Å². The van der Waals surface area contributed by atoms with Crippen LogP contribution in [0.15, 0.2) is 18.2 Å². The molecule has 5 heteroatoms. The van der Waals surface area contributed by atoms with Crippen LogP contribution in [0, 0.1) is 11.6 Å². The van der Waals surface area contributed by atoms with Gasteiger partial charge < -0.3 is 10.2 Å². The standard InChI is InChI=1S/C16H22F2N2O/c1-2-8-20(14-4-3-7-19-11-14)16(21)9-12-5-6-13(17)10-15(12)18/h5-6,10,14,19H,2-4,7-9,11H2,1H3. The van der Waals surface area contributed by atoms with Gasteiger partial charge in [-0.05, 0) is 37.4 Å². The molecule has 0 spiro atoms. The molecule has 1 N–H and O–H groups in total. The van der Waals surface area contributed by atoms with E-state index in [1.165, 1.54) is 12.1 Å². The Bertz CT molecular complexity index is 487. The van der Waals surface area contributed by atoms with Gasteiger partial charge in [0.05, 0.1) is 6.42 Å². The summed E-state index contributed by atoms with van der Waals surface area (Å²) >= 11 is 0. The van der Waals surface area contributed by atoms with Crippen LogP contribution in [0.25, 0.3) is 0 Å². The maximum absolute atomic E-state index is 13.7. The van der Waals surface area contributed by atoms with Gasteiger partial charge in [-0.15, -0.1) is 0 Å². The SMILES string of the molecule is CCCN(C(=O)Cc1ccc(F)cc1F)C1CCCNC1. The number of piperidine rings is 1. The number of rotatable bonds is 5. The molecule has 1 unspecified atom stereocenters. The summed E-state index contributed by atoms with van der Waals surface area (Å²) in [5, 5.41) is 3.29. The second kappa shape index (κ2) is 7.50. The van der Waals surface area contributed by atoms with E-state index in [1.807, 2.05) is 11.8 Å². The highest BCUT2D eigenvalue weighted by Crippen LogP contribution is 2.16. The fourth-order valence-corrected chi connectivity index (χ4v) is 2.78. The van der Waals surface area contributed by atoms with Crippen molar-refractivity contribution in [1.29, 1.82) is 0 Å². The number of hydrogen-bond acceptors (Lipinski definition) is 2. The van der Waals surface area contributed by atoms with E-state index in [9.17, 15) is 13.6 Å². The minimum atomic E-state index is -0.651. The van der Waals surface area contributed by atoms with Gasteiger partial charge in [0.15, 0.2) is 0 Å². The molecule has 0 aliphatic carbocycles. The van der Waals surface area contributed by atoms with E-state index in [0.29, 0.717) is 6.54 Å². The second-order valence-corrected chi connectivity index (χ2v) is 5.50. The molecule has 2 rings (SSSR count). The minimum Gasteiger partial charge on any atom is -0.338 e. The molecule has 1 aromatic carbocycles. The van der Waals surface area contributed by atoms with Gasteiger partial charge in [-0.3, -0.25) is 4.79 Å². The third-order valence-corrected chi connectivity index (χ3v) is 3.85. The molecule has 1 heterocycles. The predicted molar refractivity (Wildman–Crippen MR) is 78.0 cm³/mol. The van der Waals surface area contributed by atoms with Gasteiger partial charge >= 0.3 is 0 Å². The average molecular weight is 296 g/mol. The number of carbonyl (C=O) groups excluding carboxylic acids is 1. The third-order valence-electron chi connectivity index (χ3n) is 3.85. The molecule has 1 saturated heterocycles. The number of nitrogens with one attached hydrogen (secondary N) is 1. The molecule has 1 fully saturated rings. The van der Waals surface area contributed by atoms with Crippen molar-refractivity contribution in [2.75, 3.05) is 19.6 Å². The molecule has 3 nitrogen and oxygen atoms in total. The van der Waals surface area contributed by atoms with Crippen LogP contribution in [-0.2, 0) is 11.2 Å². The Morgan fingerprint density at radius 3 is 2.86 bits per heavy atom. The van der Waals surface area contributed by atoms with Gasteiger partial charge in [-0.25, -0.2) is 8.78 Å². The van der Waals surface area contributed by atoms with E-state index in [2.05, 4.69) is 5.32 Å². The zero-order valence-electron chi connectivity index (χ0n) is 12.4. The van der Waals surface area contributed by atoms with Crippen LogP contribution in [0.1, 0.15) is 31.7 Å². The van der Waals surface area contributed by atoms with Crippen LogP contribution in [0.3, 0.4) is 0 Å². The molecule has 21 heavy (non-hydrogen) atoms. The summed E-state index contributed by atoms with van der Waals surface area (Å²) < 4.78 is 26.6. The zero-order chi connectivity index (χ0) is 15.2. The lowest BCUT2D eigenvalue weighted by atomic mass is 10.0. The van der Waals surface area contributed by atoms with Gasteiger partial charge in [-0.1, -0.05) is 13.0 Å². The molecule has 0 saturated carbocycles. The van der Waals surface area contributed by atoms with Crippen LogP contribution in [0.4, 0.5) is 8.78 Å². The van der Waals surface area contributed by atoms with E-state index in [1.54, 1.807) is 0 Å². The molecule has 1 aliphatic rings.